The number of hydrogen-bond donors (Lipinski definition) is 1. The van der Waals surface area contributed by atoms with Crippen LogP contribution in [0.4, 0.5) is 0 Å². The maximum absolute atomic E-state index is 11.8. The van der Waals surface area contributed by atoms with Gasteiger partial charge < -0.3 is 14.8 Å². The first-order chi connectivity index (χ1) is 7.22. The molecule has 0 saturated carbocycles. The van der Waals surface area contributed by atoms with E-state index < -0.39 is 0 Å². The van der Waals surface area contributed by atoms with Crippen LogP contribution in [0, 0.1) is 0 Å². The lowest BCUT2D eigenvalue weighted by Crippen LogP contribution is -2.30. The van der Waals surface area contributed by atoms with Crippen LogP contribution in [-0.4, -0.2) is 25.7 Å². The second kappa shape index (κ2) is 5.18. The van der Waals surface area contributed by atoms with Crippen molar-refractivity contribution in [2.24, 2.45) is 0 Å². The number of ether oxygens (including phenoxy) is 2. The van der Waals surface area contributed by atoms with Crippen molar-refractivity contribution in [3.05, 3.63) is 23.8 Å². The van der Waals surface area contributed by atoms with Crippen LogP contribution in [0.15, 0.2) is 18.2 Å². The second-order valence-electron chi connectivity index (χ2n) is 3.44. The van der Waals surface area contributed by atoms with Gasteiger partial charge in [-0.1, -0.05) is 0 Å². The Bertz CT molecular complexity index is 395. The van der Waals surface area contributed by atoms with Gasteiger partial charge in [-0.15, -0.1) is 12.4 Å². The van der Waals surface area contributed by atoms with E-state index in [1.54, 1.807) is 25.2 Å². The van der Waals surface area contributed by atoms with E-state index in [0.717, 1.165) is 0 Å². The molecule has 0 aliphatic carbocycles. The lowest BCUT2D eigenvalue weighted by atomic mass is 10.1. The smallest absolute Gasteiger partial charge is 0.231 e. The zero-order valence-corrected chi connectivity index (χ0v) is 9.97. The fourth-order valence-electron chi connectivity index (χ4n) is 1.43. The fourth-order valence-corrected chi connectivity index (χ4v) is 1.43. The number of carbonyl (C=O) groups is 1. The van der Waals surface area contributed by atoms with Crippen LogP contribution in [0.2, 0.25) is 0 Å². The molecule has 1 aromatic carbocycles. The average Bonchev–Trinajstić information content (AvgIpc) is 2.73. The van der Waals surface area contributed by atoms with Gasteiger partial charge in [0.2, 0.25) is 6.79 Å². The second-order valence-corrected chi connectivity index (χ2v) is 3.44. The third-order valence-electron chi connectivity index (χ3n) is 2.48. The highest BCUT2D eigenvalue weighted by molar-refractivity contribution is 6.00. The van der Waals surface area contributed by atoms with Gasteiger partial charge in [-0.3, -0.25) is 4.79 Å². The van der Waals surface area contributed by atoms with Crippen LogP contribution in [-0.2, 0) is 0 Å². The van der Waals surface area contributed by atoms with E-state index in [1.807, 2.05) is 6.92 Å². The van der Waals surface area contributed by atoms with E-state index in [1.165, 1.54) is 0 Å². The summed E-state index contributed by atoms with van der Waals surface area (Å²) in [5, 5.41) is 2.91. The molecule has 1 aliphatic rings. The topological polar surface area (TPSA) is 47.6 Å². The van der Waals surface area contributed by atoms with Gasteiger partial charge >= 0.3 is 0 Å². The van der Waals surface area contributed by atoms with Gasteiger partial charge in [-0.05, 0) is 32.2 Å². The standard InChI is InChI=1S/C11H13NO3.ClH/c1-7(12-2)11(13)8-3-4-9-10(5-8)15-6-14-9;/h3-5,7,12H,6H2,1-2H3;1H. The van der Waals surface area contributed by atoms with Crippen LogP contribution in [0.5, 0.6) is 11.5 Å². The molecule has 2 rings (SSSR count). The molecule has 1 heterocycles. The number of rotatable bonds is 3. The highest BCUT2D eigenvalue weighted by Gasteiger charge is 2.18. The van der Waals surface area contributed by atoms with Crippen molar-refractivity contribution >= 4 is 18.2 Å². The third-order valence-corrected chi connectivity index (χ3v) is 2.48. The van der Waals surface area contributed by atoms with Crippen molar-refractivity contribution < 1.29 is 14.3 Å². The molecule has 1 aliphatic heterocycles. The van der Waals surface area contributed by atoms with Crippen LogP contribution in [0.3, 0.4) is 0 Å². The van der Waals surface area contributed by atoms with E-state index in [-0.39, 0.29) is 31.0 Å². The molecule has 0 bridgehead atoms. The van der Waals surface area contributed by atoms with Gasteiger partial charge in [0.25, 0.3) is 0 Å². The molecule has 4 nitrogen and oxygen atoms in total. The summed E-state index contributed by atoms with van der Waals surface area (Å²) < 4.78 is 10.4. The molecule has 0 fully saturated rings. The summed E-state index contributed by atoms with van der Waals surface area (Å²) in [6.45, 7) is 2.06. The molecular weight excluding hydrogens is 230 g/mol. The SMILES string of the molecule is CNC(C)C(=O)c1ccc2c(c1)OCO2.Cl. The molecule has 0 aromatic heterocycles. The minimum absolute atomic E-state index is 0. The molecule has 88 valence electrons. The number of nitrogens with one attached hydrogen (secondary N) is 1. The molecule has 0 radical (unpaired) electrons. The van der Waals surface area contributed by atoms with Crippen LogP contribution < -0.4 is 14.8 Å². The minimum Gasteiger partial charge on any atom is -0.454 e. The molecule has 0 spiro atoms. The van der Waals surface area contributed by atoms with Gasteiger partial charge in [-0.25, -0.2) is 0 Å². The first-order valence-electron chi connectivity index (χ1n) is 4.83. The summed E-state index contributed by atoms with van der Waals surface area (Å²) in [6, 6.07) is 5.05. The first-order valence-corrected chi connectivity index (χ1v) is 4.83. The number of fused-ring (bicyclic) bond motifs is 1. The Balaban J connectivity index is 0.00000128. The number of halogens is 1. The summed E-state index contributed by atoms with van der Waals surface area (Å²) >= 11 is 0. The Kier molecular flexibility index (Phi) is 4.15. The normalized spacial score (nSPS) is 14.1. The number of hydrogen-bond acceptors (Lipinski definition) is 4. The molecule has 0 saturated heterocycles. The third kappa shape index (κ3) is 2.28. The van der Waals surface area contributed by atoms with Crippen molar-refractivity contribution in [3.63, 3.8) is 0 Å². The molecular formula is C11H14ClNO3. The van der Waals surface area contributed by atoms with E-state index >= 15 is 0 Å². The van der Waals surface area contributed by atoms with Gasteiger partial charge in [0, 0.05) is 5.56 Å². The Labute approximate surface area is 100 Å². The van der Waals surface area contributed by atoms with Crippen molar-refractivity contribution in [1.82, 2.24) is 5.32 Å². The molecule has 1 aromatic rings. The molecule has 0 amide bonds. The van der Waals surface area contributed by atoms with Crippen LogP contribution >= 0.6 is 12.4 Å². The lowest BCUT2D eigenvalue weighted by Gasteiger charge is -2.09. The van der Waals surface area contributed by atoms with Crippen molar-refractivity contribution in [3.8, 4) is 11.5 Å². The number of Topliss-reactive ketones (excluding diaryl/α,β-unsaturated/α-hetero) is 1. The van der Waals surface area contributed by atoms with Gasteiger partial charge in [0.1, 0.15) is 0 Å². The maximum Gasteiger partial charge on any atom is 0.231 e. The van der Waals surface area contributed by atoms with Gasteiger partial charge in [0.05, 0.1) is 6.04 Å². The predicted molar refractivity (Wildman–Crippen MR) is 62.7 cm³/mol. The predicted octanol–water partition coefficient (Wildman–Crippen LogP) is 1.63. The van der Waals surface area contributed by atoms with Crippen LogP contribution in [0.1, 0.15) is 17.3 Å². The molecule has 16 heavy (non-hydrogen) atoms. The first kappa shape index (κ1) is 12.8. The highest BCUT2D eigenvalue weighted by Crippen LogP contribution is 2.32. The number of benzene rings is 1. The fraction of sp³-hybridized carbons (Fsp3) is 0.364. The summed E-state index contributed by atoms with van der Waals surface area (Å²) in [5.74, 6) is 1.39. The number of likely N-dealkylation sites (N-methyl/N-ethyl adjacent to an activating group) is 1. The Hall–Kier alpha value is -1.26. The van der Waals surface area contributed by atoms with Crippen molar-refractivity contribution in [2.75, 3.05) is 13.8 Å². The van der Waals surface area contributed by atoms with E-state index in [2.05, 4.69) is 5.32 Å². The lowest BCUT2D eigenvalue weighted by molar-refractivity contribution is 0.0954. The summed E-state index contributed by atoms with van der Waals surface area (Å²) in [4.78, 5) is 11.8. The Morgan fingerprint density at radius 2 is 2.06 bits per heavy atom. The molecule has 1 unspecified atom stereocenters. The van der Waals surface area contributed by atoms with Crippen molar-refractivity contribution in [2.45, 2.75) is 13.0 Å². The van der Waals surface area contributed by atoms with Crippen molar-refractivity contribution in [1.29, 1.82) is 0 Å². The average molecular weight is 244 g/mol. The summed E-state index contributed by atoms with van der Waals surface area (Å²) in [6.07, 6.45) is 0. The zero-order valence-electron chi connectivity index (χ0n) is 9.15. The highest BCUT2D eigenvalue weighted by atomic mass is 35.5. The molecule has 1 atom stereocenters. The monoisotopic (exact) mass is 243 g/mol. The zero-order chi connectivity index (χ0) is 10.8. The maximum atomic E-state index is 11.8. The van der Waals surface area contributed by atoms with E-state index in [9.17, 15) is 4.79 Å². The van der Waals surface area contributed by atoms with E-state index in [0.29, 0.717) is 17.1 Å². The minimum atomic E-state index is -0.189. The van der Waals surface area contributed by atoms with E-state index in [4.69, 9.17) is 9.47 Å². The largest absolute Gasteiger partial charge is 0.454 e. The summed E-state index contributed by atoms with van der Waals surface area (Å²) in [7, 11) is 1.76. The van der Waals surface area contributed by atoms with Gasteiger partial charge in [0.15, 0.2) is 17.3 Å². The number of ketones is 1. The quantitative estimate of drug-likeness (QED) is 0.820. The van der Waals surface area contributed by atoms with Crippen LogP contribution in [0.25, 0.3) is 0 Å². The van der Waals surface area contributed by atoms with Gasteiger partial charge in [-0.2, -0.15) is 0 Å². The Morgan fingerprint density at radius 3 is 2.75 bits per heavy atom. The molecule has 1 N–H and O–H groups in total. The number of carbonyl (C=O) groups excluding carboxylic acids is 1. The molecule has 5 heteroatoms. The Morgan fingerprint density at radius 1 is 1.38 bits per heavy atom. The summed E-state index contributed by atoms with van der Waals surface area (Å²) in [5.41, 5.74) is 0.640.